The van der Waals surface area contributed by atoms with E-state index in [1.165, 1.54) is 0 Å². The minimum Gasteiger partial charge on any atom is -0.360 e. The van der Waals surface area contributed by atoms with Crippen molar-refractivity contribution in [3.8, 4) is 0 Å². The summed E-state index contributed by atoms with van der Waals surface area (Å²) in [4.78, 5) is 13.1. The van der Waals surface area contributed by atoms with Crippen LogP contribution in [0.25, 0.3) is 0 Å². The smallest absolute Gasteiger partial charge is 0.310 e. The standard InChI is InChI=1S/C14H20ClN3O2/c1-3-10-9-17(11(4-2)8-16-10)13-7-5-6-12(15)14(13)18(19)20/h5-7,10-11,16H,3-4,8-9H2,1-2H3. The molecule has 0 aliphatic carbocycles. The highest BCUT2D eigenvalue weighted by atomic mass is 35.5. The molecule has 5 nitrogen and oxygen atoms in total. The Morgan fingerprint density at radius 2 is 2.20 bits per heavy atom. The van der Waals surface area contributed by atoms with Gasteiger partial charge in [0.05, 0.1) is 4.92 Å². The molecule has 2 rings (SSSR count). The molecular weight excluding hydrogens is 278 g/mol. The van der Waals surface area contributed by atoms with Crippen LogP contribution in [0, 0.1) is 10.1 Å². The molecule has 0 saturated carbocycles. The number of hydrogen-bond acceptors (Lipinski definition) is 4. The molecule has 0 spiro atoms. The average molecular weight is 298 g/mol. The highest BCUT2D eigenvalue weighted by Gasteiger charge is 2.31. The number of halogens is 1. The zero-order valence-electron chi connectivity index (χ0n) is 11.8. The first-order valence-corrected chi connectivity index (χ1v) is 7.39. The zero-order chi connectivity index (χ0) is 14.7. The Bertz CT molecular complexity index is 495. The number of nitro groups is 1. The van der Waals surface area contributed by atoms with Crippen molar-refractivity contribution >= 4 is 23.0 Å². The van der Waals surface area contributed by atoms with E-state index in [-0.39, 0.29) is 21.7 Å². The van der Waals surface area contributed by atoms with Crippen molar-refractivity contribution in [3.63, 3.8) is 0 Å². The van der Waals surface area contributed by atoms with Crippen LogP contribution in [0.1, 0.15) is 26.7 Å². The third kappa shape index (κ3) is 2.88. The number of nitrogens with one attached hydrogen (secondary N) is 1. The van der Waals surface area contributed by atoms with Gasteiger partial charge < -0.3 is 10.2 Å². The molecule has 1 aliphatic heterocycles. The van der Waals surface area contributed by atoms with E-state index in [0.717, 1.165) is 25.9 Å². The summed E-state index contributed by atoms with van der Waals surface area (Å²) in [7, 11) is 0. The summed E-state index contributed by atoms with van der Waals surface area (Å²) in [6, 6.07) is 5.76. The normalized spacial score (nSPS) is 22.9. The first-order valence-electron chi connectivity index (χ1n) is 7.01. The van der Waals surface area contributed by atoms with Gasteiger partial charge in [-0.2, -0.15) is 0 Å². The van der Waals surface area contributed by atoms with Gasteiger partial charge in [0.15, 0.2) is 0 Å². The first-order chi connectivity index (χ1) is 9.58. The van der Waals surface area contributed by atoms with E-state index in [1.54, 1.807) is 18.2 Å². The SMILES string of the molecule is CCC1CN(c2cccc(Cl)c2[N+](=O)[O-])C(CC)CN1. The van der Waals surface area contributed by atoms with Crippen LogP contribution in [0.4, 0.5) is 11.4 Å². The van der Waals surface area contributed by atoms with Crippen LogP contribution in [-0.4, -0.2) is 30.1 Å². The Balaban J connectivity index is 2.41. The largest absolute Gasteiger partial charge is 0.360 e. The van der Waals surface area contributed by atoms with Crippen molar-refractivity contribution in [2.24, 2.45) is 0 Å². The van der Waals surface area contributed by atoms with E-state index >= 15 is 0 Å². The van der Waals surface area contributed by atoms with Crippen molar-refractivity contribution in [1.29, 1.82) is 0 Å². The molecule has 2 atom stereocenters. The second kappa shape index (κ2) is 6.41. The molecule has 1 aliphatic rings. The van der Waals surface area contributed by atoms with E-state index in [0.29, 0.717) is 11.7 Å². The molecule has 0 amide bonds. The molecule has 6 heteroatoms. The van der Waals surface area contributed by atoms with Gasteiger partial charge in [-0.3, -0.25) is 10.1 Å². The number of anilines is 1. The van der Waals surface area contributed by atoms with Gasteiger partial charge in [-0.05, 0) is 25.0 Å². The average Bonchev–Trinajstić information content (AvgIpc) is 2.45. The Kier molecular flexibility index (Phi) is 4.83. The molecule has 20 heavy (non-hydrogen) atoms. The van der Waals surface area contributed by atoms with E-state index in [2.05, 4.69) is 24.1 Å². The number of hydrogen-bond donors (Lipinski definition) is 1. The maximum Gasteiger partial charge on any atom is 0.310 e. The Morgan fingerprint density at radius 1 is 1.45 bits per heavy atom. The van der Waals surface area contributed by atoms with Gasteiger partial charge in [-0.15, -0.1) is 0 Å². The van der Waals surface area contributed by atoms with Crippen LogP contribution in [-0.2, 0) is 0 Å². The summed E-state index contributed by atoms with van der Waals surface area (Å²) < 4.78 is 0. The van der Waals surface area contributed by atoms with Crippen LogP contribution >= 0.6 is 11.6 Å². The molecule has 1 aromatic carbocycles. The molecule has 1 saturated heterocycles. The third-order valence-corrected chi connectivity index (χ3v) is 4.23. The van der Waals surface area contributed by atoms with Crippen molar-refractivity contribution in [2.75, 3.05) is 18.0 Å². The Labute approximate surface area is 124 Å². The number of rotatable bonds is 4. The summed E-state index contributed by atoms with van der Waals surface area (Å²) in [5.74, 6) is 0. The predicted molar refractivity (Wildman–Crippen MR) is 81.6 cm³/mol. The van der Waals surface area contributed by atoms with Crippen molar-refractivity contribution in [1.82, 2.24) is 5.32 Å². The lowest BCUT2D eigenvalue weighted by Crippen LogP contribution is -2.56. The van der Waals surface area contributed by atoms with Gasteiger partial charge in [0.2, 0.25) is 0 Å². The molecule has 110 valence electrons. The van der Waals surface area contributed by atoms with Crippen LogP contribution in [0.3, 0.4) is 0 Å². The van der Waals surface area contributed by atoms with E-state index < -0.39 is 0 Å². The molecule has 0 bridgehead atoms. The lowest BCUT2D eigenvalue weighted by Gasteiger charge is -2.41. The Hall–Kier alpha value is -1.33. The van der Waals surface area contributed by atoms with Gasteiger partial charge in [0, 0.05) is 25.2 Å². The summed E-state index contributed by atoms with van der Waals surface area (Å²) in [6.07, 6.45) is 1.94. The summed E-state index contributed by atoms with van der Waals surface area (Å²) >= 11 is 6.02. The molecular formula is C14H20ClN3O2. The van der Waals surface area contributed by atoms with E-state index in [4.69, 9.17) is 11.6 Å². The van der Waals surface area contributed by atoms with Crippen LogP contribution in [0.5, 0.6) is 0 Å². The monoisotopic (exact) mass is 297 g/mol. The van der Waals surface area contributed by atoms with Crippen molar-refractivity contribution < 1.29 is 4.92 Å². The van der Waals surface area contributed by atoms with E-state index in [9.17, 15) is 10.1 Å². The summed E-state index contributed by atoms with van der Waals surface area (Å²) in [5, 5.41) is 15.0. The number of para-hydroxylation sites is 1. The fraction of sp³-hybridized carbons (Fsp3) is 0.571. The van der Waals surface area contributed by atoms with Gasteiger partial charge in [-0.25, -0.2) is 0 Å². The summed E-state index contributed by atoms with van der Waals surface area (Å²) in [6.45, 7) is 5.84. The van der Waals surface area contributed by atoms with Gasteiger partial charge >= 0.3 is 5.69 Å². The molecule has 1 fully saturated rings. The number of nitro benzene ring substituents is 1. The third-order valence-electron chi connectivity index (χ3n) is 3.92. The summed E-state index contributed by atoms with van der Waals surface area (Å²) in [5.41, 5.74) is 0.652. The van der Waals surface area contributed by atoms with Crippen molar-refractivity contribution in [3.05, 3.63) is 33.3 Å². The molecule has 0 radical (unpaired) electrons. The lowest BCUT2D eigenvalue weighted by molar-refractivity contribution is -0.384. The minimum atomic E-state index is -0.382. The van der Waals surface area contributed by atoms with Crippen LogP contribution in [0.2, 0.25) is 5.02 Å². The molecule has 2 unspecified atom stereocenters. The predicted octanol–water partition coefficient (Wildman–Crippen LogP) is 3.22. The minimum absolute atomic E-state index is 0.0179. The molecule has 1 heterocycles. The molecule has 1 aromatic rings. The molecule has 1 N–H and O–H groups in total. The lowest BCUT2D eigenvalue weighted by atomic mass is 10.0. The zero-order valence-corrected chi connectivity index (χ0v) is 12.6. The number of benzene rings is 1. The van der Waals surface area contributed by atoms with Crippen molar-refractivity contribution in [2.45, 2.75) is 38.8 Å². The van der Waals surface area contributed by atoms with Gasteiger partial charge in [0.1, 0.15) is 10.7 Å². The van der Waals surface area contributed by atoms with Gasteiger partial charge in [-0.1, -0.05) is 31.5 Å². The first kappa shape index (κ1) is 15.1. The maximum absolute atomic E-state index is 11.3. The quantitative estimate of drug-likeness (QED) is 0.685. The fourth-order valence-electron chi connectivity index (χ4n) is 2.71. The van der Waals surface area contributed by atoms with Crippen LogP contribution < -0.4 is 10.2 Å². The second-order valence-electron chi connectivity index (χ2n) is 5.09. The fourth-order valence-corrected chi connectivity index (χ4v) is 2.95. The van der Waals surface area contributed by atoms with Crippen LogP contribution in [0.15, 0.2) is 18.2 Å². The Morgan fingerprint density at radius 3 is 2.80 bits per heavy atom. The highest BCUT2D eigenvalue weighted by molar-refractivity contribution is 6.33. The topological polar surface area (TPSA) is 58.4 Å². The molecule has 0 aromatic heterocycles. The highest BCUT2D eigenvalue weighted by Crippen LogP contribution is 2.37. The number of nitrogens with zero attached hydrogens (tertiary/aromatic N) is 2. The maximum atomic E-state index is 11.3. The second-order valence-corrected chi connectivity index (χ2v) is 5.50. The van der Waals surface area contributed by atoms with Gasteiger partial charge in [0.25, 0.3) is 0 Å². The number of piperazine rings is 1. The van der Waals surface area contributed by atoms with E-state index in [1.807, 2.05) is 0 Å².